The van der Waals surface area contributed by atoms with Gasteiger partial charge in [-0.3, -0.25) is 9.78 Å². The maximum absolute atomic E-state index is 11.8. The molecule has 1 unspecified atom stereocenters. The first-order valence-corrected chi connectivity index (χ1v) is 9.33. The maximum Gasteiger partial charge on any atom is 0.234 e. The zero-order chi connectivity index (χ0) is 18.3. The van der Waals surface area contributed by atoms with Gasteiger partial charge in [0.1, 0.15) is 0 Å². The van der Waals surface area contributed by atoms with Gasteiger partial charge in [-0.2, -0.15) is 0 Å². The Labute approximate surface area is 154 Å². The molecule has 2 aromatic rings. The van der Waals surface area contributed by atoms with Gasteiger partial charge in [0.15, 0.2) is 0 Å². The fraction of sp³-hybridized carbons (Fsp3) is 0.364. The number of piperidine rings is 1. The van der Waals surface area contributed by atoms with E-state index in [0.29, 0.717) is 6.42 Å². The van der Waals surface area contributed by atoms with Gasteiger partial charge in [-0.15, -0.1) is 0 Å². The summed E-state index contributed by atoms with van der Waals surface area (Å²) in [5.74, 6) is -0.280. The lowest BCUT2D eigenvalue weighted by Gasteiger charge is -2.26. The molecule has 0 bridgehead atoms. The second-order valence-corrected chi connectivity index (χ2v) is 7.52. The van der Waals surface area contributed by atoms with Crippen molar-refractivity contribution in [3.05, 3.63) is 69.5 Å². The van der Waals surface area contributed by atoms with E-state index in [-0.39, 0.29) is 11.9 Å². The van der Waals surface area contributed by atoms with E-state index in [4.69, 9.17) is 10.7 Å². The number of carbonyl (C=O) groups is 1. The molecule has 1 atom stereocenters. The molecule has 4 rings (SSSR count). The molecule has 0 saturated carbocycles. The molecule has 26 heavy (non-hydrogen) atoms. The largest absolute Gasteiger partial charge is 0.368 e. The third-order valence-electron chi connectivity index (χ3n) is 5.50. The number of carbonyl (C=O) groups excluding carboxylic acids is 1. The van der Waals surface area contributed by atoms with Crippen LogP contribution in [0, 0.1) is 13.8 Å². The highest BCUT2D eigenvalue weighted by atomic mass is 16.1. The molecule has 1 saturated heterocycles. The van der Waals surface area contributed by atoms with Crippen LogP contribution in [0.4, 0.5) is 0 Å². The Morgan fingerprint density at radius 1 is 1.12 bits per heavy atom. The summed E-state index contributed by atoms with van der Waals surface area (Å²) in [6, 6.07) is 8.66. The summed E-state index contributed by atoms with van der Waals surface area (Å²) in [4.78, 5) is 16.6. The number of nitrogens with two attached hydrogens (primary N) is 1. The first-order chi connectivity index (χ1) is 12.5. The fourth-order valence-corrected chi connectivity index (χ4v) is 4.22. The van der Waals surface area contributed by atoms with Gasteiger partial charge >= 0.3 is 0 Å². The van der Waals surface area contributed by atoms with Crippen LogP contribution in [0.25, 0.3) is 5.57 Å². The van der Waals surface area contributed by atoms with Crippen LogP contribution < -0.4 is 11.1 Å². The number of aromatic nitrogens is 1. The fourth-order valence-electron chi connectivity index (χ4n) is 4.22. The van der Waals surface area contributed by atoms with Crippen molar-refractivity contribution in [2.24, 2.45) is 5.73 Å². The quantitative estimate of drug-likeness (QED) is 0.833. The van der Waals surface area contributed by atoms with Crippen molar-refractivity contribution in [2.45, 2.75) is 45.6 Å². The molecule has 0 radical (unpaired) electrons. The molecule has 1 aromatic carbocycles. The van der Waals surface area contributed by atoms with Gasteiger partial charge in [0.25, 0.3) is 0 Å². The van der Waals surface area contributed by atoms with E-state index >= 15 is 0 Å². The lowest BCUT2D eigenvalue weighted by molar-refractivity contribution is -0.120. The number of nitrogens with zero attached hydrogens (tertiary/aromatic N) is 1. The molecule has 1 fully saturated rings. The number of amides is 1. The van der Waals surface area contributed by atoms with Crippen LogP contribution in [0.3, 0.4) is 0 Å². The van der Waals surface area contributed by atoms with Crippen molar-refractivity contribution in [3.63, 3.8) is 0 Å². The second-order valence-electron chi connectivity index (χ2n) is 7.52. The minimum atomic E-state index is -0.294. The smallest absolute Gasteiger partial charge is 0.234 e. The molecule has 2 aliphatic rings. The Bertz CT molecular complexity index is 858. The zero-order valence-electron chi connectivity index (χ0n) is 15.4. The molecule has 1 aromatic heterocycles. The number of fused-ring (bicyclic) bond motifs is 2. The van der Waals surface area contributed by atoms with Crippen LogP contribution in [-0.4, -0.2) is 23.5 Å². The van der Waals surface area contributed by atoms with E-state index in [0.717, 1.165) is 31.5 Å². The number of rotatable bonds is 1. The minimum Gasteiger partial charge on any atom is -0.368 e. The number of benzene rings is 1. The third kappa shape index (κ3) is 3.06. The van der Waals surface area contributed by atoms with Crippen molar-refractivity contribution in [3.8, 4) is 0 Å². The van der Waals surface area contributed by atoms with Gasteiger partial charge in [0, 0.05) is 11.8 Å². The highest BCUT2D eigenvalue weighted by molar-refractivity contribution is 5.86. The first-order valence-electron chi connectivity index (χ1n) is 9.33. The number of aryl methyl sites for hydroxylation is 4. The number of primary amides is 1. The summed E-state index contributed by atoms with van der Waals surface area (Å²) in [5.41, 5.74) is 15.6. The van der Waals surface area contributed by atoms with E-state index in [9.17, 15) is 4.79 Å². The number of hydrogen-bond donors (Lipinski definition) is 2. The summed E-state index contributed by atoms with van der Waals surface area (Å²) in [7, 11) is 0. The maximum atomic E-state index is 11.8. The average molecular weight is 347 g/mol. The topological polar surface area (TPSA) is 68.0 Å². The van der Waals surface area contributed by atoms with Gasteiger partial charge in [0.2, 0.25) is 5.91 Å². The molecular formula is C22H25N3O. The van der Waals surface area contributed by atoms with Gasteiger partial charge in [0.05, 0.1) is 11.7 Å². The third-order valence-corrected chi connectivity index (χ3v) is 5.50. The Hall–Kier alpha value is -2.46. The average Bonchev–Trinajstić information content (AvgIpc) is 2.78. The molecule has 1 aliphatic heterocycles. The molecule has 1 amide bonds. The summed E-state index contributed by atoms with van der Waals surface area (Å²) < 4.78 is 0. The van der Waals surface area contributed by atoms with Crippen molar-refractivity contribution in [1.29, 1.82) is 0 Å². The van der Waals surface area contributed by atoms with Crippen LogP contribution in [-0.2, 0) is 17.6 Å². The lowest BCUT2D eigenvalue weighted by Crippen LogP contribution is -2.45. The summed E-state index contributed by atoms with van der Waals surface area (Å²) in [5, 5.41) is 3.24. The highest BCUT2D eigenvalue weighted by Gasteiger charge is 2.27. The summed E-state index contributed by atoms with van der Waals surface area (Å²) in [6.07, 6.45) is 5.54. The molecular weight excluding hydrogens is 322 g/mol. The van der Waals surface area contributed by atoms with Gasteiger partial charge in [-0.05, 0) is 68.3 Å². The van der Waals surface area contributed by atoms with Crippen molar-refractivity contribution >= 4 is 11.5 Å². The number of pyridine rings is 1. The van der Waals surface area contributed by atoms with Crippen LogP contribution in [0.5, 0.6) is 0 Å². The summed E-state index contributed by atoms with van der Waals surface area (Å²) >= 11 is 0. The molecule has 4 heteroatoms. The van der Waals surface area contributed by atoms with E-state index in [1.54, 1.807) is 0 Å². The number of hydrogen-bond acceptors (Lipinski definition) is 3. The normalized spacial score (nSPS) is 22.3. The van der Waals surface area contributed by atoms with E-state index in [1.807, 2.05) is 6.20 Å². The van der Waals surface area contributed by atoms with E-state index in [1.165, 1.54) is 39.0 Å². The molecule has 2 heterocycles. The van der Waals surface area contributed by atoms with Gasteiger partial charge in [-0.1, -0.05) is 35.4 Å². The Kier molecular flexibility index (Phi) is 4.37. The van der Waals surface area contributed by atoms with Crippen LogP contribution in [0.15, 0.2) is 36.0 Å². The molecule has 0 spiro atoms. The van der Waals surface area contributed by atoms with Crippen LogP contribution in [0.1, 0.15) is 46.4 Å². The molecule has 4 nitrogen and oxygen atoms in total. The van der Waals surface area contributed by atoms with Gasteiger partial charge < -0.3 is 11.1 Å². The number of nitrogens with one attached hydrogen (secondary N) is 1. The summed E-state index contributed by atoms with van der Waals surface area (Å²) in [6.45, 7) is 5.01. The SMILES string of the molecule is Cc1ccc2c(c1)CCc1cc(C)cnc1/C2=C1\CCNC(C(N)=O)C1. The standard InChI is InChI=1S/C22H25N3O/c1-13-3-6-18-15(9-13)4-5-17-10-14(2)12-25-21(17)20(18)16-7-8-24-19(11-16)22(23)26/h3,6,9-10,12,19,24H,4-5,7-8,11H2,1-2H3,(H2,23,26)/b20-16+. The molecule has 1 aliphatic carbocycles. The van der Waals surface area contributed by atoms with Crippen LogP contribution >= 0.6 is 0 Å². The minimum absolute atomic E-state index is 0.280. The zero-order valence-corrected chi connectivity index (χ0v) is 15.4. The van der Waals surface area contributed by atoms with Crippen molar-refractivity contribution in [2.75, 3.05) is 6.54 Å². The Balaban J connectivity index is 1.94. The van der Waals surface area contributed by atoms with Crippen molar-refractivity contribution in [1.82, 2.24) is 10.3 Å². The first kappa shape index (κ1) is 17.0. The predicted octanol–water partition coefficient (Wildman–Crippen LogP) is 2.84. The second kappa shape index (κ2) is 6.69. The van der Waals surface area contributed by atoms with Gasteiger partial charge in [-0.25, -0.2) is 0 Å². The monoisotopic (exact) mass is 347 g/mol. The van der Waals surface area contributed by atoms with Crippen LogP contribution in [0.2, 0.25) is 0 Å². The highest BCUT2D eigenvalue weighted by Crippen LogP contribution is 2.38. The predicted molar refractivity (Wildman–Crippen MR) is 104 cm³/mol. The molecule has 3 N–H and O–H groups in total. The van der Waals surface area contributed by atoms with Crippen molar-refractivity contribution < 1.29 is 4.79 Å². The Morgan fingerprint density at radius 2 is 1.88 bits per heavy atom. The van der Waals surface area contributed by atoms with E-state index in [2.05, 4.69) is 43.4 Å². The van der Waals surface area contributed by atoms with E-state index < -0.39 is 0 Å². The lowest BCUT2D eigenvalue weighted by atomic mass is 9.86. The molecule has 134 valence electrons. The Morgan fingerprint density at radius 3 is 2.69 bits per heavy atom.